The first-order valence-electron chi connectivity index (χ1n) is 7.71. The predicted molar refractivity (Wildman–Crippen MR) is 87.3 cm³/mol. The maximum absolute atomic E-state index is 12.6. The van der Waals surface area contributed by atoms with Crippen molar-refractivity contribution in [1.29, 1.82) is 0 Å². The standard InChI is InChI=1S/C17H18N2O2S/c1-11-18-14(10-22-11)12-4-5-15-13(9-12)6-7-19(15)17(20)16-3-2-8-21-16/h4-5,9-10,16H,2-3,6-8H2,1H3/t16-/m1/s1. The Labute approximate surface area is 133 Å². The van der Waals surface area contributed by atoms with Gasteiger partial charge in [0.2, 0.25) is 0 Å². The number of carbonyl (C=O) groups is 1. The van der Waals surface area contributed by atoms with Crippen molar-refractivity contribution >= 4 is 22.9 Å². The van der Waals surface area contributed by atoms with E-state index in [0.29, 0.717) is 6.61 Å². The van der Waals surface area contributed by atoms with Crippen molar-refractivity contribution < 1.29 is 9.53 Å². The fourth-order valence-corrected chi connectivity index (χ4v) is 3.85. The van der Waals surface area contributed by atoms with Crippen molar-refractivity contribution in [1.82, 2.24) is 4.98 Å². The molecule has 0 N–H and O–H groups in total. The molecule has 22 heavy (non-hydrogen) atoms. The van der Waals surface area contributed by atoms with Crippen LogP contribution in [0.1, 0.15) is 23.4 Å². The second-order valence-electron chi connectivity index (χ2n) is 5.84. The fourth-order valence-electron chi connectivity index (χ4n) is 3.23. The summed E-state index contributed by atoms with van der Waals surface area (Å²) in [5.41, 5.74) is 4.43. The summed E-state index contributed by atoms with van der Waals surface area (Å²) in [5, 5.41) is 3.16. The van der Waals surface area contributed by atoms with E-state index < -0.39 is 0 Å². The lowest BCUT2D eigenvalue weighted by Crippen LogP contribution is -2.37. The Bertz CT molecular complexity index is 719. The average Bonchev–Trinajstić information content (AvgIpc) is 3.26. The summed E-state index contributed by atoms with van der Waals surface area (Å²) in [4.78, 5) is 19.0. The second-order valence-corrected chi connectivity index (χ2v) is 6.90. The third-order valence-electron chi connectivity index (χ3n) is 4.36. The highest BCUT2D eigenvalue weighted by Crippen LogP contribution is 2.33. The summed E-state index contributed by atoms with van der Waals surface area (Å²) in [6.07, 6.45) is 2.50. The van der Waals surface area contributed by atoms with Gasteiger partial charge in [0.05, 0.1) is 10.7 Å². The minimum absolute atomic E-state index is 0.119. The smallest absolute Gasteiger partial charge is 0.256 e. The minimum Gasteiger partial charge on any atom is -0.368 e. The van der Waals surface area contributed by atoms with Gasteiger partial charge in [0.15, 0.2) is 0 Å². The summed E-state index contributed by atoms with van der Waals surface area (Å²) in [5.74, 6) is 0.119. The highest BCUT2D eigenvalue weighted by atomic mass is 32.1. The van der Waals surface area contributed by atoms with Gasteiger partial charge in [-0.15, -0.1) is 11.3 Å². The first-order valence-corrected chi connectivity index (χ1v) is 8.59. The van der Waals surface area contributed by atoms with Gasteiger partial charge >= 0.3 is 0 Å². The lowest BCUT2D eigenvalue weighted by Gasteiger charge is -2.20. The number of rotatable bonds is 2. The molecule has 0 radical (unpaired) electrons. The molecule has 2 aliphatic heterocycles. The van der Waals surface area contributed by atoms with Crippen molar-refractivity contribution in [3.63, 3.8) is 0 Å². The Balaban J connectivity index is 1.61. The van der Waals surface area contributed by atoms with Crippen LogP contribution >= 0.6 is 11.3 Å². The molecular weight excluding hydrogens is 296 g/mol. The molecule has 0 bridgehead atoms. The lowest BCUT2D eigenvalue weighted by atomic mass is 10.1. The van der Waals surface area contributed by atoms with Crippen LogP contribution in [0.15, 0.2) is 23.6 Å². The number of fused-ring (bicyclic) bond motifs is 1. The molecule has 4 nitrogen and oxygen atoms in total. The molecule has 0 saturated carbocycles. The number of ether oxygens (including phenoxy) is 1. The van der Waals surface area contributed by atoms with E-state index in [9.17, 15) is 4.79 Å². The van der Waals surface area contributed by atoms with Gasteiger partial charge < -0.3 is 9.64 Å². The molecule has 2 aliphatic rings. The number of aromatic nitrogens is 1. The molecule has 0 spiro atoms. The summed E-state index contributed by atoms with van der Waals surface area (Å²) >= 11 is 1.66. The minimum atomic E-state index is -0.244. The Morgan fingerprint density at radius 3 is 3.09 bits per heavy atom. The molecule has 1 aromatic heterocycles. The normalized spacial score (nSPS) is 20.4. The van der Waals surface area contributed by atoms with E-state index in [1.54, 1.807) is 11.3 Å². The molecule has 0 aliphatic carbocycles. The Kier molecular flexibility index (Phi) is 3.47. The maximum Gasteiger partial charge on any atom is 0.256 e. The van der Waals surface area contributed by atoms with Crippen LogP contribution in [0.5, 0.6) is 0 Å². The van der Waals surface area contributed by atoms with Crippen LogP contribution in [-0.2, 0) is 16.0 Å². The van der Waals surface area contributed by atoms with E-state index in [2.05, 4.69) is 28.6 Å². The monoisotopic (exact) mass is 314 g/mol. The quantitative estimate of drug-likeness (QED) is 0.855. The van der Waals surface area contributed by atoms with Crippen molar-refractivity contribution in [3.05, 3.63) is 34.2 Å². The summed E-state index contributed by atoms with van der Waals surface area (Å²) in [6.45, 7) is 3.48. The van der Waals surface area contributed by atoms with E-state index in [-0.39, 0.29) is 12.0 Å². The van der Waals surface area contributed by atoms with Crippen molar-refractivity contribution in [2.75, 3.05) is 18.1 Å². The molecule has 1 saturated heterocycles. The first kappa shape index (κ1) is 13.9. The topological polar surface area (TPSA) is 42.4 Å². The fraction of sp³-hybridized carbons (Fsp3) is 0.412. The van der Waals surface area contributed by atoms with Gasteiger partial charge in [-0.05, 0) is 43.9 Å². The van der Waals surface area contributed by atoms with E-state index in [1.165, 1.54) is 5.56 Å². The van der Waals surface area contributed by atoms with Crippen LogP contribution in [0, 0.1) is 6.92 Å². The number of hydrogen-bond donors (Lipinski definition) is 0. The Morgan fingerprint density at radius 1 is 1.45 bits per heavy atom. The molecule has 1 aromatic carbocycles. The summed E-state index contributed by atoms with van der Waals surface area (Å²) < 4.78 is 5.54. The van der Waals surface area contributed by atoms with Gasteiger partial charge in [0.25, 0.3) is 5.91 Å². The largest absolute Gasteiger partial charge is 0.368 e. The molecule has 3 heterocycles. The Hall–Kier alpha value is -1.72. The van der Waals surface area contributed by atoms with Crippen LogP contribution in [0.3, 0.4) is 0 Å². The highest BCUT2D eigenvalue weighted by molar-refractivity contribution is 7.09. The van der Waals surface area contributed by atoms with E-state index in [1.807, 2.05) is 11.8 Å². The molecule has 114 valence electrons. The first-order chi connectivity index (χ1) is 10.7. The number of anilines is 1. The van der Waals surface area contributed by atoms with E-state index in [0.717, 1.165) is 47.8 Å². The van der Waals surface area contributed by atoms with Crippen LogP contribution in [-0.4, -0.2) is 30.1 Å². The van der Waals surface area contributed by atoms with Crippen molar-refractivity contribution in [2.45, 2.75) is 32.3 Å². The molecule has 5 heteroatoms. The lowest BCUT2D eigenvalue weighted by molar-refractivity contribution is -0.127. The van der Waals surface area contributed by atoms with Gasteiger partial charge in [-0.25, -0.2) is 4.98 Å². The van der Waals surface area contributed by atoms with Crippen molar-refractivity contribution in [2.24, 2.45) is 0 Å². The van der Waals surface area contributed by atoms with Gasteiger partial charge in [-0.3, -0.25) is 4.79 Å². The summed E-state index contributed by atoms with van der Waals surface area (Å²) in [6, 6.07) is 6.29. The number of amides is 1. The summed E-state index contributed by atoms with van der Waals surface area (Å²) in [7, 11) is 0. The number of hydrogen-bond acceptors (Lipinski definition) is 4. The molecular formula is C17H18N2O2S. The number of thiazole rings is 1. The average molecular weight is 314 g/mol. The van der Waals surface area contributed by atoms with Crippen LogP contribution in [0.2, 0.25) is 0 Å². The number of nitrogens with zero attached hydrogens (tertiary/aromatic N) is 2. The molecule has 4 rings (SSSR count). The molecule has 0 unspecified atom stereocenters. The van der Waals surface area contributed by atoms with Crippen molar-refractivity contribution in [3.8, 4) is 11.3 Å². The highest BCUT2D eigenvalue weighted by Gasteiger charge is 2.32. The Morgan fingerprint density at radius 2 is 2.36 bits per heavy atom. The third-order valence-corrected chi connectivity index (χ3v) is 5.13. The molecule has 1 amide bonds. The zero-order valence-corrected chi connectivity index (χ0v) is 13.4. The van der Waals surface area contributed by atoms with Gasteiger partial charge in [0.1, 0.15) is 6.10 Å². The van der Waals surface area contributed by atoms with Gasteiger partial charge in [-0.2, -0.15) is 0 Å². The number of benzene rings is 1. The number of aryl methyl sites for hydroxylation is 1. The van der Waals surface area contributed by atoms with Gasteiger partial charge in [0, 0.05) is 29.8 Å². The van der Waals surface area contributed by atoms with E-state index >= 15 is 0 Å². The van der Waals surface area contributed by atoms with E-state index in [4.69, 9.17) is 4.74 Å². The van der Waals surface area contributed by atoms with Crippen LogP contribution in [0.4, 0.5) is 5.69 Å². The second kappa shape index (κ2) is 5.48. The number of carbonyl (C=O) groups excluding carboxylic acids is 1. The molecule has 1 atom stereocenters. The predicted octanol–water partition coefficient (Wildman–Crippen LogP) is 3.19. The van der Waals surface area contributed by atoms with Crippen LogP contribution < -0.4 is 4.90 Å². The molecule has 1 fully saturated rings. The van der Waals surface area contributed by atoms with Gasteiger partial charge in [-0.1, -0.05) is 6.07 Å². The molecule has 2 aromatic rings. The SMILES string of the molecule is Cc1nc(-c2ccc3c(c2)CCN3C(=O)[C@H]2CCCO2)cs1. The third kappa shape index (κ3) is 2.34. The maximum atomic E-state index is 12.6. The zero-order valence-electron chi connectivity index (χ0n) is 12.5. The van der Waals surface area contributed by atoms with Crippen LogP contribution in [0.25, 0.3) is 11.3 Å². The zero-order chi connectivity index (χ0) is 15.1.